The van der Waals surface area contributed by atoms with Gasteiger partial charge in [-0.3, -0.25) is 0 Å². The van der Waals surface area contributed by atoms with E-state index in [9.17, 15) is 0 Å². The van der Waals surface area contributed by atoms with Gasteiger partial charge in [-0.15, -0.1) is 24.8 Å². The lowest BCUT2D eigenvalue weighted by Crippen LogP contribution is -2.27. The highest BCUT2D eigenvalue weighted by atomic mass is 35.5. The van der Waals surface area contributed by atoms with E-state index in [-0.39, 0.29) is 24.8 Å². The van der Waals surface area contributed by atoms with Crippen molar-refractivity contribution in [3.8, 4) is 0 Å². The third-order valence-electron chi connectivity index (χ3n) is 2.89. The van der Waals surface area contributed by atoms with Crippen LogP contribution in [0.3, 0.4) is 0 Å². The van der Waals surface area contributed by atoms with Crippen molar-refractivity contribution in [2.75, 3.05) is 26.2 Å². The zero-order valence-corrected chi connectivity index (χ0v) is 13.0. The zero-order chi connectivity index (χ0) is 11.6. The van der Waals surface area contributed by atoms with E-state index in [1.165, 1.54) is 18.5 Å². The van der Waals surface area contributed by atoms with E-state index in [4.69, 9.17) is 0 Å². The first-order valence-electron chi connectivity index (χ1n) is 6.33. The van der Waals surface area contributed by atoms with Crippen LogP contribution < -0.4 is 5.32 Å². The molecule has 0 heterocycles. The molecule has 1 rings (SSSR count). The number of benzene rings is 1. The molecule has 2 nitrogen and oxygen atoms in total. The molecular weight excluding hydrogens is 267 g/mol. The predicted molar refractivity (Wildman–Crippen MR) is 85.0 cm³/mol. The fourth-order valence-corrected chi connectivity index (χ4v) is 1.80. The van der Waals surface area contributed by atoms with Gasteiger partial charge in [-0.05, 0) is 38.2 Å². The molecule has 0 amide bonds. The quantitative estimate of drug-likeness (QED) is 0.739. The zero-order valence-electron chi connectivity index (χ0n) is 11.4. The third-order valence-corrected chi connectivity index (χ3v) is 2.89. The second-order valence-electron chi connectivity index (χ2n) is 4.04. The molecule has 0 bridgehead atoms. The minimum Gasteiger partial charge on any atom is -0.313 e. The Morgan fingerprint density at radius 2 is 1.61 bits per heavy atom. The van der Waals surface area contributed by atoms with Crippen molar-refractivity contribution in [2.24, 2.45) is 0 Å². The van der Waals surface area contributed by atoms with Crippen molar-refractivity contribution >= 4 is 24.8 Å². The number of nitrogens with zero attached hydrogens (tertiary/aromatic N) is 1. The van der Waals surface area contributed by atoms with E-state index >= 15 is 0 Å². The molecule has 1 aromatic carbocycles. The summed E-state index contributed by atoms with van der Waals surface area (Å²) < 4.78 is 0. The molecule has 0 spiro atoms. The molecule has 106 valence electrons. The molecule has 4 heteroatoms. The topological polar surface area (TPSA) is 15.3 Å². The summed E-state index contributed by atoms with van der Waals surface area (Å²) in [6.07, 6.45) is 1.23. The lowest BCUT2D eigenvalue weighted by molar-refractivity contribution is 0.298. The van der Waals surface area contributed by atoms with Crippen LogP contribution in [0.25, 0.3) is 0 Å². The summed E-state index contributed by atoms with van der Waals surface area (Å²) in [7, 11) is 0. The first-order chi connectivity index (χ1) is 7.86. The molecule has 0 saturated carbocycles. The van der Waals surface area contributed by atoms with Gasteiger partial charge in [0.05, 0.1) is 0 Å². The summed E-state index contributed by atoms with van der Waals surface area (Å²) in [6.45, 7) is 10.1. The van der Waals surface area contributed by atoms with E-state index in [0.29, 0.717) is 0 Å². The van der Waals surface area contributed by atoms with Crippen LogP contribution >= 0.6 is 24.8 Å². The van der Waals surface area contributed by atoms with Crippen LogP contribution in [0, 0.1) is 0 Å². The Balaban J connectivity index is 0. The maximum absolute atomic E-state index is 3.48. The highest BCUT2D eigenvalue weighted by Gasteiger charge is 1.97. The Labute approximate surface area is 124 Å². The van der Waals surface area contributed by atoms with E-state index in [1.807, 2.05) is 0 Å². The van der Waals surface area contributed by atoms with Crippen molar-refractivity contribution < 1.29 is 0 Å². The van der Waals surface area contributed by atoms with Gasteiger partial charge in [0.25, 0.3) is 0 Å². The number of rotatable bonds is 8. The fraction of sp³-hybridized carbons (Fsp3) is 0.571. The van der Waals surface area contributed by atoms with Gasteiger partial charge in [-0.2, -0.15) is 0 Å². The van der Waals surface area contributed by atoms with Gasteiger partial charge in [0.15, 0.2) is 0 Å². The van der Waals surface area contributed by atoms with Gasteiger partial charge in [-0.25, -0.2) is 0 Å². The maximum atomic E-state index is 3.48. The molecule has 0 unspecified atom stereocenters. The Morgan fingerprint density at radius 1 is 1.00 bits per heavy atom. The van der Waals surface area contributed by atoms with Crippen LogP contribution in [0.1, 0.15) is 25.8 Å². The largest absolute Gasteiger partial charge is 0.313 e. The number of nitrogens with one attached hydrogen (secondary N) is 1. The monoisotopic (exact) mass is 292 g/mol. The lowest BCUT2D eigenvalue weighted by atomic mass is 10.2. The summed E-state index contributed by atoms with van der Waals surface area (Å²) in [5.41, 5.74) is 1.37. The van der Waals surface area contributed by atoms with Gasteiger partial charge >= 0.3 is 0 Å². The van der Waals surface area contributed by atoms with Crippen LogP contribution in [0.2, 0.25) is 0 Å². The van der Waals surface area contributed by atoms with Crippen LogP contribution in [0.15, 0.2) is 30.3 Å². The molecule has 18 heavy (non-hydrogen) atoms. The summed E-state index contributed by atoms with van der Waals surface area (Å²) in [4.78, 5) is 2.46. The first kappa shape index (κ1) is 20.0. The maximum Gasteiger partial charge on any atom is 0.0205 e. The van der Waals surface area contributed by atoms with Crippen LogP contribution in [0.4, 0.5) is 0 Å². The summed E-state index contributed by atoms with van der Waals surface area (Å²) in [6, 6.07) is 10.6. The Bertz CT molecular complexity index is 264. The molecule has 0 aliphatic heterocycles. The molecule has 1 aromatic rings. The Kier molecular flexibility index (Phi) is 14.7. The Hall–Kier alpha value is -0.280. The van der Waals surface area contributed by atoms with E-state index in [1.54, 1.807) is 0 Å². The molecule has 1 N–H and O–H groups in total. The van der Waals surface area contributed by atoms with Crippen LogP contribution in [-0.2, 0) is 6.54 Å². The van der Waals surface area contributed by atoms with Crippen molar-refractivity contribution in [2.45, 2.75) is 26.8 Å². The molecule has 0 fully saturated rings. The minimum atomic E-state index is 0. The number of hydrogen-bond donors (Lipinski definition) is 1. The first-order valence-corrected chi connectivity index (χ1v) is 6.33. The molecule has 0 atom stereocenters. The Morgan fingerprint density at radius 3 is 2.17 bits per heavy atom. The summed E-state index contributed by atoms with van der Waals surface area (Å²) >= 11 is 0. The SMILES string of the molecule is CCN(CC)CCCNCc1ccccc1.Cl.Cl. The number of hydrogen-bond acceptors (Lipinski definition) is 2. The van der Waals surface area contributed by atoms with Crippen molar-refractivity contribution in [3.63, 3.8) is 0 Å². The van der Waals surface area contributed by atoms with Crippen molar-refractivity contribution in [1.29, 1.82) is 0 Å². The van der Waals surface area contributed by atoms with E-state index in [2.05, 4.69) is 54.4 Å². The highest BCUT2D eigenvalue weighted by molar-refractivity contribution is 5.85. The fourth-order valence-electron chi connectivity index (χ4n) is 1.80. The third kappa shape index (κ3) is 8.76. The predicted octanol–water partition coefficient (Wildman–Crippen LogP) is 3.35. The van der Waals surface area contributed by atoms with Crippen molar-refractivity contribution in [1.82, 2.24) is 10.2 Å². The normalized spacial score (nSPS) is 9.72. The second kappa shape index (κ2) is 13.2. The average molecular weight is 293 g/mol. The standard InChI is InChI=1S/C14H24N2.2ClH/c1-3-16(4-2)12-8-11-15-13-14-9-6-5-7-10-14;;/h5-7,9-10,15H,3-4,8,11-13H2,1-2H3;2*1H. The van der Waals surface area contributed by atoms with Gasteiger partial charge in [-0.1, -0.05) is 44.2 Å². The van der Waals surface area contributed by atoms with Gasteiger partial charge in [0, 0.05) is 6.54 Å². The molecule has 0 aromatic heterocycles. The molecule has 0 aliphatic carbocycles. The molecule has 0 radical (unpaired) electrons. The molecular formula is C14H26Cl2N2. The number of halogens is 2. The van der Waals surface area contributed by atoms with Gasteiger partial charge in [0.1, 0.15) is 0 Å². The minimum absolute atomic E-state index is 0. The average Bonchev–Trinajstić information content (AvgIpc) is 2.35. The molecule has 0 saturated heterocycles. The van der Waals surface area contributed by atoms with Gasteiger partial charge in [0.2, 0.25) is 0 Å². The van der Waals surface area contributed by atoms with E-state index < -0.39 is 0 Å². The summed E-state index contributed by atoms with van der Waals surface area (Å²) in [5, 5.41) is 3.48. The van der Waals surface area contributed by atoms with Crippen LogP contribution in [-0.4, -0.2) is 31.1 Å². The second-order valence-corrected chi connectivity index (χ2v) is 4.04. The van der Waals surface area contributed by atoms with Crippen molar-refractivity contribution in [3.05, 3.63) is 35.9 Å². The molecule has 0 aliphatic rings. The summed E-state index contributed by atoms with van der Waals surface area (Å²) in [5.74, 6) is 0. The lowest BCUT2D eigenvalue weighted by Gasteiger charge is -2.17. The van der Waals surface area contributed by atoms with Crippen LogP contribution in [0.5, 0.6) is 0 Å². The van der Waals surface area contributed by atoms with E-state index in [0.717, 1.165) is 26.2 Å². The highest BCUT2D eigenvalue weighted by Crippen LogP contribution is 1.97. The van der Waals surface area contributed by atoms with Gasteiger partial charge < -0.3 is 10.2 Å². The smallest absolute Gasteiger partial charge is 0.0205 e.